The number of aromatic nitrogens is 2. The molecule has 0 aliphatic heterocycles. The van der Waals surface area contributed by atoms with Gasteiger partial charge in [-0.3, -0.25) is 9.59 Å². The number of fused-ring (bicyclic) bond motifs is 1. The van der Waals surface area contributed by atoms with Gasteiger partial charge in [0.2, 0.25) is 5.91 Å². The van der Waals surface area contributed by atoms with Crippen LogP contribution in [0.25, 0.3) is 11.3 Å². The average molecular weight is 420 g/mol. The van der Waals surface area contributed by atoms with Crippen LogP contribution in [-0.4, -0.2) is 15.7 Å². The van der Waals surface area contributed by atoms with Gasteiger partial charge >= 0.3 is 0 Å². The molecule has 2 aromatic carbocycles. The fraction of sp³-hybridized carbons (Fsp3) is 0.320. The summed E-state index contributed by atoms with van der Waals surface area (Å²) < 4.78 is 14.5. The van der Waals surface area contributed by atoms with E-state index in [-0.39, 0.29) is 17.3 Å². The molecule has 1 aromatic heterocycles. The second kappa shape index (κ2) is 8.46. The van der Waals surface area contributed by atoms with Crippen molar-refractivity contribution in [3.63, 3.8) is 0 Å². The van der Waals surface area contributed by atoms with Gasteiger partial charge in [-0.15, -0.1) is 0 Å². The Balaban J connectivity index is 1.79. The standard InChI is InChI=1S/C25H26FN3O2/c1-15-8-9-16(2)22(14-15)23-20-6-4-5-7-21(20)25(31)29(28-23)17(3)24(30)27-19-12-10-18(26)11-13-19/h8-14,17H,4-7H2,1-3H3,(H,27,30)/t17-/m1/s1. The van der Waals surface area contributed by atoms with Crippen LogP contribution in [0.1, 0.15) is 48.1 Å². The van der Waals surface area contributed by atoms with Gasteiger partial charge in [-0.1, -0.05) is 17.7 Å². The highest BCUT2D eigenvalue weighted by Crippen LogP contribution is 2.31. The minimum absolute atomic E-state index is 0.203. The first kappa shape index (κ1) is 21.0. The van der Waals surface area contributed by atoms with E-state index in [0.717, 1.165) is 52.8 Å². The Kier molecular flexibility index (Phi) is 5.72. The third kappa shape index (κ3) is 4.15. The first-order valence-electron chi connectivity index (χ1n) is 10.6. The van der Waals surface area contributed by atoms with Gasteiger partial charge in [0, 0.05) is 16.8 Å². The molecule has 1 N–H and O–H groups in total. The quantitative estimate of drug-likeness (QED) is 0.664. The maximum Gasteiger partial charge on any atom is 0.271 e. The van der Waals surface area contributed by atoms with E-state index < -0.39 is 6.04 Å². The lowest BCUT2D eigenvalue weighted by atomic mass is 9.88. The van der Waals surface area contributed by atoms with E-state index in [1.807, 2.05) is 13.8 Å². The molecule has 1 heterocycles. The third-order valence-electron chi connectivity index (χ3n) is 5.93. The normalized spacial score (nSPS) is 14.1. The molecule has 31 heavy (non-hydrogen) atoms. The van der Waals surface area contributed by atoms with Gasteiger partial charge in [0.15, 0.2) is 0 Å². The third-order valence-corrected chi connectivity index (χ3v) is 5.93. The molecule has 4 rings (SSSR count). The van der Waals surface area contributed by atoms with E-state index in [0.29, 0.717) is 12.1 Å². The predicted molar refractivity (Wildman–Crippen MR) is 120 cm³/mol. The zero-order valence-electron chi connectivity index (χ0n) is 18.0. The van der Waals surface area contributed by atoms with E-state index >= 15 is 0 Å². The summed E-state index contributed by atoms with van der Waals surface area (Å²) in [6, 6.07) is 10.9. The first-order valence-corrected chi connectivity index (χ1v) is 10.6. The molecular weight excluding hydrogens is 393 g/mol. The number of nitrogens with zero attached hydrogens (tertiary/aromatic N) is 2. The van der Waals surface area contributed by atoms with E-state index in [4.69, 9.17) is 5.10 Å². The second-order valence-corrected chi connectivity index (χ2v) is 8.25. The van der Waals surface area contributed by atoms with Crippen LogP contribution in [0, 0.1) is 19.7 Å². The van der Waals surface area contributed by atoms with E-state index in [2.05, 4.69) is 23.5 Å². The van der Waals surface area contributed by atoms with Gasteiger partial charge in [0.05, 0.1) is 5.69 Å². The largest absolute Gasteiger partial charge is 0.324 e. The molecule has 6 heteroatoms. The van der Waals surface area contributed by atoms with Crippen molar-refractivity contribution < 1.29 is 9.18 Å². The number of amides is 1. The van der Waals surface area contributed by atoms with Crippen molar-refractivity contribution in [1.82, 2.24) is 9.78 Å². The van der Waals surface area contributed by atoms with Crippen molar-refractivity contribution in [2.45, 2.75) is 52.5 Å². The average Bonchev–Trinajstić information content (AvgIpc) is 2.77. The molecule has 1 amide bonds. The van der Waals surface area contributed by atoms with Crippen LogP contribution in [0.2, 0.25) is 0 Å². The highest BCUT2D eigenvalue weighted by Gasteiger charge is 2.26. The summed E-state index contributed by atoms with van der Waals surface area (Å²) in [5.74, 6) is -0.749. The van der Waals surface area contributed by atoms with E-state index in [1.54, 1.807) is 6.92 Å². The number of nitrogens with one attached hydrogen (secondary N) is 1. The van der Waals surface area contributed by atoms with Crippen molar-refractivity contribution in [1.29, 1.82) is 0 Å². The maximum absolute atomic E-state index is 13.3. The lowest BCUT2D eigenvalue weighted by molar-refractivity contribution is -0.119. The van der Waals surface area contributed by atoms with Gasteiger partial charge in [-0.2, -0.15) is 5.10 Å². The number of aryl methyl sites for hydroxylation is 2. The number of hydrogen-bond acceptors (Lipinski definition) is 3. The summed E-state index contributed by atoms with van der Waals surface area (Å²) in [4.78, 5) is 26.1. The number of halogens is 1. The van der Waals surface area contributed by atoms with Crippen molar-refractivity contribution in [3.8, 4) is 11.3 Å². The SMILES string of the molecule is Cc1ccc(C)c(-c2nn([C@H](C)C(=O)Nc3ccc(F)cc3)c(=O)c3c2CCCC3)c1. The number of carbonyl (C=O) groups is 1. The van der Waals surface area contributed by atoms with E-state index in [1.165, 1.54) is 28.9 Å². The molecule has 1 atom stereocenters. The second-order valence-electron chi connectivity index (χ2n) is 8.25. The fourth-order valence-corrected chi connectivity index (χ4v) is 4.12. The van der Waals surface area contributed by atoms with Crippen LogP contribution in [0.4, 0.5) is 10.1 Å². The molecule has 0 saturated heterocycles. The summed E-state index contributed by atoms with van der Waals surface area (Å²) >= 11 is 0. The zero-order chi connectivity index (χ0) is 22.1. The Labute approximate surface area is 180 Å². The molecule has 1 aliphatic carbocycles. The molecule has 160 valence electrons. The minimum atomic E-state index is -0.811. The smallest absolute Gasteiger partial charge is 0.271 e. The monoisotopic (exact) mass is 419 g/mol. The van der Waals surface area contributed by atoms with Crippen LogP contribution in [0.15, 0.2) is 47.3 Å². The van der Waals surface area contributed by atoms with E-state index in [9.17, 15) is 14.0 Å². The summed E-state index contributed by atoms with van der Waals surface area (Å²) in [5.41, 5.74) is 6.02. The Hall–Kier alpha value is -3.28. The maximum atomic E-state index is 13.3. The van der Waals surface area contributed by atoms with Crippen molar-refractivity contribution in [2.24, 2.45) is 0 Å². The Bertz CT molecular complexity index is 1200. The molecule has 0 radical (unpaired) electrons. The van der Waals surface area contributed by atoms with Gasteiger partial charge in [0.1, 0.15) is 11.9 Å². The summed E-state index contributed by atoms with van der Waals surface area (Å²) in [7, 11) is 0. The molecule has 0 saturated carbocycles. The van der Waals surface area contributed by atoms with Crippen LogP contribution in [0.5, 0.6) is 0 Å². The summed E-state index contributed by atoms with van der Waals surface area (Å²) in [6.07, 6.45) is 3.49. The predicted octanol–water partition coefficient (Wildman–Crippen LogP) is 4.74. The molecule has 3 aromatic rings. The zero-order valence-corrected chi connectivity index (χ0v) is 18.0. The summed E-state index contributed by atoms with van der Waals surface area (Å²) in [5, 5.41) is 7.47. The molecule has 0 fully saturated rings. The van der Waals surface area contributed by atoms with Gasteiger partial charge in [-0.05, 0) is 87.9 Å². The lowest BCUT2D eigenvalue weighted by Crippen LogP contribution is -2.37. The highest BCUT2D eigenvalue weighted by atomic mass is 19.1. The van der Waals surface area contributed by atoms with Crippen molar-refractivity contribution >= 4 is 11.6 Å². The number of hydrogen-bond donors (Lipinski definition) is 1. The van der Waals surface area contributed by atoms with Gasteiger partial charge < -0.3 is 5.32 Å². The molecule has 0 bridgehead atoms. The Morgan fingerprint density at radius 2 is 1.74 bits per heavy atom. The molecule has 0 spiro atoms. The molecule has 1 aliphatic rings. The Morgan fingerprint density at radius 1 is 1.06 bits per heavy atom. The van der Waals surface area contributed by atoms with Crippen LogP contribution >= 0.6 is 0 Å². The Morgan fingerprint density at radius 3 is 2.45 bits per heavy atom. The topological polar surface area (TPSA) is 64.0 Å². The molecule has 0 unspecified atom stereocenters. The van der Waals surface area contributed by atoms with Crippen molar-refractivity contribution in [3.05, 3.63) is 80.9 Å². The van der Waals surface area contributed by atoms with Crippen LogP contribution in [0.3, 0.4) is 0 Å². The number of anilines is 1. The van der Waals surface area contributed by atoms with Gasteiger partial charge in [-0.25, -0.2) is 9.07 Å². The lowest BCUT2D eigenvalue weighted by Gasteiger charge is -2.23. The number of benzene rings is 2. The van der Waals surface area contributed by atoms with Gasteiger partial charge in [0.25, 0.3) is 5.56 Å². The summed E-state index contributed by atoms with van der Waals surface area (Å²) in [6.45, 7) is 5.73. The highest BCUT2D eigenvalue weighted by molar-refractivity contribution is 5.93. The van der Waals surface area contributed by atoms with Crippen LogP contribution < -0.4 is 10.9 Å². The minimum Gasteiger partial charge on any atom is -0.324 e. The molecular formula is C25H26FN3O2. The molecule has 5 nitrogen and oxygen atoms in total. The van der Waals surface area contributed by atoms with Crippen LogP contribution in [-0.2, 0) is 17.6 Å². The number of carbonyl (C=O) groups excluding carboxylic acids is 1. The van der Waals surface area contributed by atoms with Crippen molar-refractivity contribution in [2.75, 3.05) is 5.32 Å². The fourth-order valence-electron chi connectivity index (χ4n) is 4.12. The first-order chi connectivity index (χ1) is 14.8. The number of rotatable bonds is 4.